The molecular weight excluding hydrogens is 370 g/mol. The summed E-state index contributed by atoms with van der Waals surface area (Å²) in [6.07, 6.45) is 1.20. The zero-order valence-corrected chi connectivity index (χ0v) is 17.5. The van der Waals surface area contributed by atoms with Gasteiger partial charge in [-0.15, -0.1) is 10.2 Å². The number of hydrogen-bond donors (Lipinski definition) is 1. The highest BCUT2D eigenvalue weighted by molar-refractivity contribution is 7.99. The highest BCUT2D eigenvalue weighted by Gasteiger charge is 2.11. The third kappa shape index (κ3) is 5.23. The summed E-state index contributed by atoms with van der Waals surface area (Å²) < 4.78 is 5.70. The molecule has 1 amide bonds. The Balaban J connectivity index is 1.46. The normalized spacial score (nSPS) is 10.9. The molecule has 0 radical (unpaired) electrons. The van der Waals surface area contributed by atoms with Crippen LogP contribution in [0.5, 0.6) is 0 Å². The third-order valence-corrected chi connectivity index (χ3v) is 5.32. The molecule has 0 fully saturated rings. The van der Waals surface area contributed by atoms with E-state index in [1.54, 1.807) is 0 Å². The summed E-state index contributed by atoms with van der Waals surface area (Å²) in [6, 6.07) is 12.1. The van der Waals surface area contributed by atoms with E-state index in [9.17, 15) is 4.79 Å². The van der Waals surface area contributed by atoms with Gasteiger partial charge in [0.05, 0.1) is 0 Å². The molecule has 1 aromatic heterocycles. The van der Waals surface area contributed by atoms with Crippen molar-refractivity contribution in [3.05, 3.63) is 58.7 Å². The van der Waals surface area contributed by atoms with Gasteiger partial charge in [-0.1, -0.05) is 47.2 Å². The monoisotopic (exact) mass is 395 g/mol. The standard InChI is InChI=1S/C22H25N3O2S/c1-14-7-9-18(10-8-14)21-24-25-22(27-21)28-11-5-6-19(26)23-20-16(3)12-15(2)13-17(20)4/h7-10,12-13H,5-6,11H2,1-4H3,(H,23,26). The van der Waals surface area contributed by atoms with Crippen LogP contribution in [0.25, 0.3) is 11.5 Å². The lowest BCUT2D eigenvalue weighted by molar-refractivity contribution is -0.116. The summed E-state index contributed by atoms with van der Waals surface area (Å²) in [6.45, 7) is 8.14. The Morgan fingerprint density at radius 3 is 2.36 bits per heavy atom. The van der Waals surface area contributed by atoms with Gasteiger partial charge in [0.2, 0.25) is 11.8 Å². The van der Waals surface area contributed by atoms with Crippen LogP contribution in [0.3, 0.4) is 0 Å². The van der Waals surface area contributed by atoms with Crippen LogP contribution in [0.4, 0.5) is 5.69 Å². The van der Waals surface area contributed by atoms with Crippen LogP contribution in [0.15, 0.2) is 46.0 Å². The second-order valence-corrected chi connectivity index (χ2v) is 8.06. The number of nitrogens with one attached hydrogen (secondary N) is 1. The number of benzene rings is 2. The van der Waals surface area contributed by atoms with Gasteiger partial charge in [-0.2, -0.15) is 0 Å². The van der Waals surface area contributed by atoms with Crippen molar-refractivity contribution in [2.75, 3.05) is 11.1 Å². The van der Waals surface area contributed by atoms with Crippen molar-refractivity contribution >= 4 is 23.4 Å². The second-order valence-electron chi connectivity index (χ2n) is 7.01. The van der Waals surface area contributed by atoms with E-state index in [2.05, 4.69) is 34.6 Å². The molecule has 0 spiro atoms. The largest absolute Gasteiger partial charge is 0.411 e. The van der Waals surface area contributed by atoms with Crippen LogP contribution in [0, 0.1) is 27.7 Å². The summed E-state index contributed by atoms with van der Waals surface area (Å²) in [7, 11) is 0. The average Bonchev–Trinajstić information content (AvgIpc) is 3.11. The minimum Gasteiger partial charge on any atom is -0.411 e. The highest BCUT2D eigenvalue weighted by Crippen LogP contribution is 2.25. The first-order valence-electron chi connectivity index (χ1n) is 9.33. The van der Waals surface area contributed by atoms with Crippen molar-refractivity contribution in [2.45, 2.75) is 45.8 Å². The zero-order valence-electron chi connectivity index (χ0n) is 16.7. The molecule has 0 bridgehead atoms. The fourth-order valence-corrected chi connectivity index (χ4v) is 3.75. The van der Waals surface area contributed by atoms with Gasteiger partial charge in [-0.3, -0.25) is 4.79 Å². The van der Waals surface area contributed by atoms with Gasteiger partial charge in [0.1, 0.15) is 0 Å². The average molecular weight is 396 g/mol. The van der Waals surface area contributed by atoms with Crippen molar-refractivity contribution in [3.63, 3.8) is 0 Å². The van der Waals surface area contributed by atoms with Crippen LogP contribution in [-0.2, 0) is 4.79 Å². The molecule has 2 aromatic carbocycles. The SMILES string of the molecule is Cc1ccc(-c2nnc(SCCCC(=O)Nc3c(C)cc(C)cc3C)o2)cc1. The molecule has 28 heavy (non-hydrogen) atoms. The minimum absolute atomic E-state index is 0.0292. The summed E-state index contributed by atoms with van der Waals surface area (Å²) in [5.41, 5.74) is 6.40. The number of amides is 1. The van der Waals surface area contributed by atoms with Crippen LogP contribution < -0.4 is 5.32 Å². The lowest BCUT2D eigenvalue weighted by Gasteiger charge is -2.12. The molecule has 5 nitrogen and oxygen atoms in total. The second kappa shape index (κ2) is 9.06. The van der Waals surface area contributed by atoms with E-state index in [0.717, 1.165) is 34.6 Å². The van der Waals surface area contributed by atoms with Crippen molar-refractivity contribution < 1.29 is 9.21 Å². The van der Waals surface area contributed by atoms with Crippen molar-refractivity contribution in [1.82, 2.24) is 10.2 Å². The van der Waals surface area contributed by atoms with E-state index in [4.69, 9.17) is 4.42 Å². The first-order chi connectivity index (χ1) is 13.4. The molecule has 6 heteroatoms. The predicted octanol–water partition coefficient (Wildman–Crippen LogP) is 5.48. The Labute approximate surface area is 170 Å². The molecule has 0 aliphatic heterocycles. The Hall–Kier alpha value is -2.60. The van der Waals surface area contributed by atoms with Crippen molar-refractivity contribution in [2.24, 2.45) is 0 Å². The Kier molecular flexibility index (Phi) is 6.52. The number of thioether (sulfide) groups is 1. The Bertz CT molecular complexity index is 941. The first kappa shape index (κ1) is 20.1. The topological polar surface area (TPSA) is 68.0 Å². The number of aryl methyl sites for hydroxylation is 4. The van der Waals surface area contributed by atoms with Gasteiger partial charge in [0.15, 0.2) is 0 Å². The molecular formula is C22H25N3O2S. The van der Waals surface area contributed by atoms with E-state index in [-0.39, 0.29) is 5.91 Å². The fraction of sp³-hybridized carbons (Fsp3) is 0.318. The van der Waals surface area contributed by atoms with Crippen molar-refractivity contribution in [3.8, 4) is 11.5 Å². The molecule has 1 N–H and O–H groups in total. The number of anilines is 1. The minimum atomic E-state index is 0.0292. The van der Waals surface area contributed by atoms with Gasteiger partial charge >= 0.3 is 0 Å². The molecule has 3 aromatic rings. The van der Waals surface area contributed by atoms with Crippen LogP contribution in [0.1, 0.15) is 35.1 Å². The van der Waals surface area contributed by atoms with E-state index >= 15 is 0 Å². The van der Waals surface area contributed by atoms with Gasteiger partial charge < -0.3 is 9.73 Å². The third-order valence-electron chi connectivity index (χ3n) is 4.42. The van der Waals surface area contributed by atoms with E-state index < -0.39 is 0 Å². The van der Waals surface area contributed by atoms with Crippen LogP contribution in [-0.4, -0.2) is 21.9 Å². The molecule has 0 atom stereocenters. The van der Waals surface area contributed by atoms with Crippen LogP contribution >= 0.6 is 11.8 Å². The molecule has 146 valence electrons. The Morgan fingerprint density at radius 2 is 1.68 bits per heavy atom. The summed E-state index contributed by atoms with van der Waals surface area (Å²) in [5.74, 6) is 1.29. The molecule has 0 aliphatic rings. The highest BCUT2D eigenvalue weighted by atomic mass is 32.2. The van der Waals surface area contributed by atoms with Gasteiger partial charge in [0.25, 0.3) is 5.22 Å². The summed E-state index contributed by atoms with van der Waals surface area (Å²) in [5, 5.41) is 11.7. The van der Waals surface area contributed by atoms with E-state index in [1.807, 2.05) is 45.0 Å². The smallest absolute Gasteiger partial charge is 0.276 e. The van der Waals surface area contributed by atoms with E-state index in [1.165, 1.54) is 22.9 Å². The Morgan fingerprint density at radius 1 is 1.00 bits per heavy atom. The predicted molar refractivity (Wildman–Crippen MR) is 114 cm³/mol. The molecule has 0 aliphatic carbocycles. The van der Waals surface area contributed by atoms with Gasteiger partial charge in [-0.25, -0.2) is 0 Å². The van der Waals surface area contributed by atoms with Gasteiger partial charge in [0, 0.05) is 23.4 Å². The maximum Gasteiger partial charge on any atom is 0.276 e. The summed E-state index contributed by atoms with van der Waals surface area (Å²) in [4.78, 5) is 12.3. The van der Waals surface area contributed by atoms with Crippen molar-refractivity contribution in [1.29, 1.82) is 0 Å². The molecule has 1 heterocycles. The molecule has 0 saturated carbocycles. The number of rotatable bonds is 7. The number of nitrogens with zero attached hydrogens (tertiary/aromatic N) is 2. The number of hydrogen-bond acceptors (Lipinski definition) is 5. The maximum absolute atomic E-state index is 12.3. The maximum atomic E-state index is 12.3. The number of carbonyl (C=O) groups excluding carboxylic acids is 1. The first-order valence-corrected chi connectivity index (χ1v) is 10.3. The van der Waals surface area contributed by atoms with Crippen LogP contribution in [0.2, 0.25) is 0 Å². The number of aromatic nitrogens is 2. The van der Waals surface area contributed by atoms with Gasteiger partial charge in [-0.05, 0) is 57.4 Å². The quantitative estimate of drug-likeness (QED) is 0.424. The summed E-state index contributed by atoms with van der Waals surface area (Å²) >= 11 is 1.48. The number of carbonyl (C=O) groups is 1. The zero-order chi connectivity index (χ0) is 20.1. The molecule has 0 saturated heterocycles. The molecule has 0 unspecified atom stereocenters. The van der Waals surface area contributed by atoms with E-state index in [0.29, 0.717) is 17.5 Å². The lowest BCUT2D eigenvalue weighted by atomic mass is 10.0. The molecule has 3 rings (SSSR count). The fourth-order valence-electron chi connectivity index (χ4n) is 3.05. The lowest BCUT2D eigenvalue weighted by Crippen LogP contribution is -2.13.